The number of nitrogens with zero attached hydrogens (tertiary/aromatic N) is 5. The van der Waals surface area contributed by atoms with Crippen molar-refractivity contribution in [1.29, 1.82) is 0 Å². The average molecular weight is 540 g/mol. The first-order valence-corrected chi connectivity index (χ1v) is 13.7. The number of likely N-dealkylation sites (tertiary alicyclic amines) is 1. The number of hydrogen-bond acceptors (Lipinski definition) is 7. The van der Waals surface area contributed by atoms with E-state index in [0.29, 0.717) is 28.4 Å². The second-order valence-electron chi connectivity index (χ2n) is 10.5. The summed E-state index contributed by atoms with van der Waals surface area (Å²) in [5.74, 6) is -0.196. The molecule has 39 heavy (non-hydrogen) atoms. The number of primary amides is 1. The van der Waals surface area contributed by atoms with E-state index in [1.807, 2.05) is 25.1 Å². The predicted molar refractivity (Wildman–Crippen MR) is 151 cm³/mol. The molecule has 0 spiro atoms. The summed E-state index contributed by atoms with van der Waals surface area (Å²) in [5.41, 5.74) is 11.0. The first-order valence-electron chi connectivity index (χ1n) is 12.8. The number of aromatic nitrogens is 4. The second kappa shape index (κ2) is 9.46. The Labute approximate surface area is 230 Å². The number of pyridine rings is 2. The summed E-state index contributed by atoms with van der Waals surface area (Å²) in [6.45, 7) is 8.70. The normalized spacial score (nSPS) is 17.5. The number of hydrogen-bond donors (Lipinski definition) is 2. The van der Waals surface area contributed by atoms with Crippen molar-refractivity contribution in [2.75, 3.05) is 19.6 Å². The van der Waals surface area contributed by atoms with Gasteiger partial charge in [0.25, 0.3) is 11.8 Å². The van der Waals surface area contributed by atoms with Crippen molar-refractivity contribution in [3.63, 3.8) is 0 Å². The minimum Gasteiger partial charge on any atom is -0.372 e. The van der Waals surface area contributed by atoms with Gasteiger partial charge in [0.05, 0.1) is 27.9 Å². The van der Waals surface area contributed by atoms with E-state index in [9.17, 15) is 9.59 Å². The maximum absolute atomic E-state index is 13.2. The molecule has 0 aromatic carbocycles. The lowest BCUT2D eigenvalue weighted by atomic mass is 9.69. The van der Waals surface area contributed by atoms with Gasteiger partial charge in [-0.25, -0.2) is 4.52 Å². The fourth-order valence-electron chi connectivity index (χ4n) is 5.33. The van der Waals surface area contributed by atoms with Crippen LogP contribution in [0.4, 0.5) is 0 Å². The summed E-state index contributed by atoms with van der Waals surface area (Å²) >= 11 is 1.41. The fraction of sp³-hybridized carbons (Fsp3) is 0.276. The molecular formula is C29H29N7O2S. The van der Waals surface area contributed by atoms with Crippen molar-refractivity contribution in [1.82, 2.24) is 29.8 Å². The SMILES string of the molecule is Cc1ncc(C(=O)NCCN2CC3C2=CC=CC3(C)C)cc1-c1c(-c2cccnc2)sc2c(C(N)=O)cnn12. The van der Waals surface area contributed by atoms with Crippen molar-refractivity contribution in [3.05, 3.63) is 83.7 Å². The summed E-state index contributed by atoms with van der Waals surface area (Å²) < 4.78 is 1.70. The molecule has 5 heterocycles. The Morgan fingerprint density at radius 1 is 1.26 bits per heavy atom. The van der Waals surface area contributed by atoms with Crippen LogP contribution in [0.3, 0.4) is 0 Å². The zero-order valence-electron chi connectivity index (χ0n) is 22.0. The number of carbonyl (C=O) groups is 2. The predicted octanol–water partition coefficient (Wildman–Crippen LogP) is 4.07. The molecule has 2 amide bonds. The van der Waals surface area contributed by atoms with E-state index < -0.39 is 5.91 Å². The van der Waals surface area contributed by atoms with Gasteiger partial charge in [0.15, 0.2) is 0 Å². The molecule has 1 aliphatic heterocycles. The third-order valence-corrected chi connectivity index (χ3v) is 8.85. The van der Waals surface area contributed by atoms with Crippen molar-refractivity contribution in [2.45, 2.75) is 20.8 Å². The molecule has 198 valence electrons. The number of nitrogens with one attached hydrogen (secondary N) is 1. The number of rotatable bonds is 7. The van der Waals surface area contributed by atoms with E-state index in [4.69, 9.17) is 5.73 Å². The highest BCUT2D eigenvalue weighted by molar-refractivity contribution is 7.21. The lowest BCUT2D eigenvalue weighted by Crippen LogP contribution is -2.52. The minimum atomic E-state index is -0.546. The fourth-order valence-corrected chi connectivity index (χ4v) is 6.55. The third-order valence-electron chi connectivity index (χ3n) is 7.63. The monoisotopic (exact) mass is 539 g/mol. The Balaban J connectivity index is 1.27. The second-order valence-corrected chi connectivity index (χ2v) is 11.5. The largest absolute Gasteiger partial charge is 0.372 e. The first kappa shape index (κ1) is 25.0. The number of amides is 2. The Bertz CT molecular complexity index is 1670. The number of carbonyl (C=O) groups excluding carboxylic acids is 2. The van der Waals surface area contributed by atoms with Crippen LogP contribution < -0.4 is 11.1 Å². The number of thiazole rings is 1. The van der Waals surface area contributed by atoms with Crippen LogP contribution in [0.1, 0.15) is 40.3 Å². The van der Waals surface area contributed by atoms with Crippen molar-refractivity contribution in [2.24, 2.45) is 17.1 Å². The smallest absolute Gasteiger partial charge is 0.253 e. The van der Waals surface area contributed by atoms with Crippen LogP contribution in [0.25, 0.3) is 26.5 Å². The van der Waals surface area contributed by atoms with Gasteiger partial charge in [-0.15, -0.1) is 11.3 Å². The van der Waals surface area contributed by atoms with Gasteiger partial charge in [0.1, 0.15) is 4.83 Å². The van der Waals surface area contributed by atoms with Crippen molar-refractivity contribution < 1.29 is 9.59 Å². The average Bonchev–Trinajstić information content (AvgIpc) is 3.48. The lowest BCUT2D eigenvalue weighted by molar-refractivity contribution is 0.0893. The Morgan fingerprint density at radius 2 is 2.10 bits per heavy atom. The van der Waals surface area contributed by atoms with Crippen molar-refractivity contribution in [3.8, 4) is 21.7 Å². The molecule has 6 rings (SSSR count). The molecule has 4 aromatic rings. The van der Waals surface area contributed by atoms with Gasteiger partial charge in [-0.1, -0.05) is 32.1 Å². The zero-order valence-corrected chi connectivity index (χ0v) is 22.8. The molecule has 1 atom stereocenters. The lowest BCUT2D eigenvalue weighted by Gasteiger charge is -2.51. The minimum absolute atomic E-state index is 0.169. The summed E-state index contributed by atoms with van der Waals surface area (Å²) in [5, 5.41) is 7.52. The third kappa shape index (κ3) is 4.30. The van der Waals surface area contributed by atoms with E-state index in [0.717, 1.165) is 40.5 Å². The maximum atomic E-state index is 13.2. The molecule has 1 unspecified atom stereocenters. The maximum Gasteiger partial charge on any atom is 0.253 e. The van der Waals surface area contributed by atoms with Crippen LogP contribution in [0.5, 0.6) is 0 Å². The van der Waals surface area contributed by atoms with Gasteiger partial charge < -0.3 is 16.0 Å². The molecule has 2 aliphatic rings. The molecule has 4 aromatic heterocycles. The number of allylic oxidation sites excluding steroid dienone is 3. The van der Waals surface area contributed by atoms with E-state index in [1.54, 1.807) is 23.1 Å². The first-order chi connectivity index (χ1) is 18.7. The van der Waals surface area contributed by atoms with E-state index >= 15 is 0 Å². The van der Waals surface area contributed by atoms with Crippen LogP contribution in [0, 0.1) is 18.3 Å². The van der Waals surface area contributed by atoms with Gasteiger partial charge in [0.2, 0.25) is 0 Å². The van der Waals surface area contributed by atoms with Gasteiger partial charge in [0, 0.05) is 66.7 Å². The van der Waals surface area contributed by atoms with E-state index in [2.05, 4.69) is 57.4 Å². The summed E-state index contributed by atoms with van der Waals surface area (Å²) in [4.78, 5) is 37.9. The van der Waals surface area contributed by atoms with Crippen LogP contribution in [-0.2, 0) is 0 Å². The highest BCUT2D eigenvalue weighted by Crippen LogP contribution is 2.45. The van der Waals surface area contributed by atoms with Crippen LogP contribution in [0.2, 0.25) is 0 Å². The van der Waals surface area contributed by atoms with Crippen LogP contribution >= 0.6 is 11.3 Å². The number of aryl methyl sites for hydroxylation is 1. The molecule has 0 bridgehead atoms. The molecular weight excluding hydrogens is 510 g/mol. The molecule has 9 nitrogen and oxygen atoms in total. The topological polar surface area (TPSA) is 119 Å². The quantitative estimate of drug-likeness (QED) is 0.366. The van der Waals surface area contributed by atoms with Crippen molar-refractivity contribution >= 4 is 28.0 Å². The van der Waals surface area contributed by atoms with Crippen LogP contribution in [0.15, 0.2) is 66.9 Å². The molecule has 3 N–H and O–H groups in total. The molecule has 1 fully saturated rings. The van der Waals surface area contributed by atoms with Gasteiger partial charge >= 0.3 is 0 Å². The molecule has 10 heteroatoms. The van der Waals surface area contributed by atoms with Crippen LogP contribution in [-0.4, -0.2) is 55.9 Å². The Hall–Kier alpha value is -4.31. The van der Waals surface area contributed by atoms with Gasteiger partial charge in [-0.05, 0) is 30.5 Å². The summed E-state index contributed by atoms with van der Waals surface area (Å²) in [7, 11) is 0. The highest BCUT2D eigenvalue weighted by atomic mass is 32.1. The number of fused-ring (bicyclic) bond motifs is 2. The summed E-state index contributed by atoms with van der Waals surface area (Å²) in [6.07, 6.45) is 13.1. The standard InChI is InChI=1S/C29H29N7O2S/c1-17-20(24-25(18-6-5-9-31-13-18)39-28-21(26(30)37)15-34-36(24)28)12-19(14-33-17)27(38)32-10-11-35-16-22-23(35)7-4-8-29(22,2)3/h4-9,12-15,22H,10-11,16H2,1-3H3,(H2,30,37)(H,32,38). The van der Waals surface area contributed by atoms with Gasteiger partial charge in [-0.3, -0.25) is 19.6 Å². The summed E-state index contributed by atoms with van der Waals surface area (Å²) in [6, 6.07) is 5.64. The van der Waals surface area contributed by atoms with E-state index in [1.165, 1.54) is 23.2 Å². The molecule has 0 radical (unpaired) electrons. The Kier molecular flexibility index (Phi) is 6.06. The highest BCUT2D eigenvalue weighted by Gasteiger charge is 2.42. The molecule has 1 saturated heterocycles. The molecule has 1 aliphatic carbocycles. The van der Waals surface area contributed by atoms with Gasteiger partial charge in [-0.2, -0.15) is 5.10 Å². The Morgan fingerprint density at radius 3 is 2.87 bits per heavy atom. The zero-order chi connectivity index (χ0) is 27.3. The number of nitrogens with two attached hydrogens (primary N) is 1. The molecule has 0 saturated carbocycles. The van der Waals surface area contributed by atoms with E-state index in [-0.39, 0.29) is 11.3 Å².